The van der Waals surface area contributed by atoms with Crippen molar-refractivity contribution in [1.29, 1.82) is 0 Å². The first-order chi connectivity index (χ1) is 8.53. The van der Waals surface area contributed by atoms with Gasteiger partial charge in [0.15, 0.2) is 9.84 Å². The lowest BCUT2D eigenvalue weighted by atomic mass is 10.3. The van der Waals surface area contributed by atoms with Crippen LogP contribution < -0.4 is 5.73 Å². The fourth-order valence-corrected chi connectivity index (χ4v) is 2.79. The Kier molecular flexibility index (Phi) is 6.59. The van der Waals surface area contributed by atoms with Crippen molar-refractivity contribution in [2.24, 2.45) is 5.73 Å². The first-order valence-corrected chi connectivity index (χ1v) is 8.03. The van der Waals surface area contributed by atoms with Gasteiger partial charge in [0.2, 0.25) is 0 Å². The van der Waals surface area contributed by atoms with E-state index < -0.39 is 21.6 Å². The largest absolute Gasteiger partial charge is 0.462 e. The molecule has 0 heterocycles. The molecule has 106 valence electrons. The number of sulfone groups is 1. The van der Waals surface area contributed by atoms with E-state index in [1.54, 1.807) is 0 Å². The SMILES string of the molecule is NCCOCCS(=O)(=O)CC(=O)OC1CCCC1. The van der Waals surface area contributed by atoms with Crippen LogP contribution in [0.1, 0.15) is 25.7 Å². The molecule has 0 spiro atoms. The van der Waals surface area contributed by atoms with E-state index in [1.165, 1.54) is 0 Å². The van der Waals surface area contributed by atoms with Crippen molar-refractivity contribution < 1.29 is 22.7 Å². The van der Waals surface area contributed by atoms with Crippen LogP contribution in [0.4, 0.5) is 0 Å². The summed E-state index contributed by atoms with van der Waals surface area (Å²) < 4.78 is 33.2. The number of nitrogens with two attached hydrogens (primary N) is 1. The molecule has 0 atom stereocenters. The summed E-state index contributed by atoms with van der Waals surface area (Å²) in [5.41, 5.74) is 5.20. The number of hydrogen-bond donors (Lipinski definition) is 1. The van der Waals surface area contributed by atoms with Crippen molar-refractivity contribution in [1.82, 2.24) is 0 Å². The molecule has 0 aromatic carbocycles. The van der Waals surface area contributed by atoms with Crippen molar-refractivity contribution in [3.8, 4) is 0 Å². The van der Waals surface area contributed by atoms with Gasteiger partial charge in [-0.3, -0.25) is 4.79 Å². The monoisotopic (exact) mass is 279 g/mol. The molecule has 0 aliphatic heterocycles. The minimum Gasteiger partial charge on any atom is -0.462 e. The second kappa shape index (κ2) is 7.70. The average Bonchev–Trinajstić information content (AvgIpc) is 2.76. The molecule has 0 bridgehead atoms. The molecular formula is C11H21NO5S. The number of hydrogen-bond acceptors (Lipinski definition) is 6. The summed E-state index contributed by atoms with van der Waals surface area (Å²) in [7, 11) is -3.44. The van der Waals surface area contributed by atoms with E-state index in [4.69, 9.17) is 15.2 Å². The summed E-state index contributed by atoms with van der Waals surface area (Å²) in [6.07, 6.45) is 3.66. The molecule has 1 aliphatic carbocycles. The van der Waals surface area contributed by atoms with E-state index in [9.17, 15) is 13.2 Å². The number of ether oxygens (including phenoxy) is 2. The maximum atomic E-state index is 11.6. The zero-order valence-electron chi connectivity index (χ0n) is 10.5. The van der Waals surface area contributed by atoms with Gasteiger partial charge >= 0.3 is 5.97 Å². The summed E-state index contributed by atoms with van der Waals surface area (Å²) >= 11 is 0. The Morgan fingerprint density at radius 3 is 2.50 bits per heavy atom. The van der Waals surface area contributed by atoms with Crippen LogP contribution in [0, 0.1) is 0 Å². The number of carbonyl (C=O) groups is 1. The standard InChI is InChI=1S/C11H21NO5S/c12-5-6-16-7-8-18(14,15)9-11(13)17-10-3-1-2-4-10/h10H,1-9,12H2. The fraction of sp³-hybridized carbons (Fsp3) is 0.909. The van der Waals surface area contributed by atoms with Gasteiger partial charge in [-0.15, -0.1) is 0 Å². The van der Waals surface area contributed by atoms with Crippen molar-refractivity contribution in [3.63, 3.8) is 0 Å². The van der Waals surface area contributed by atoms with E-state index >= 15 is 0 Å². The molecule has 0 aromatic heterocycles. The third kappa shape index (κ3) is 6.32. The summed E-state index contributed by atoms with van der Waals surface area (Å²) in [5, 5.41) is 0. The van der Waals surface area contributed by atoms with E-state index in [2.05, 4.69) is 0 Å². The number of esters is 1. The molecule has 2 N–H and O–H groups in total. The van der Waals surface area contributed by atoms with Gasteiger partial charge in [0.1, 0.15) is 11.9 Å². The summed E-state index contributed by atoms with van der Waals surface area (Å²) in [4.78, 5) is 11.4. The Balaban J connectivity index is 2.23. The van der Waals surface area contributed by atoms with Crippen LogP contribution in [-0.2, 0) is 24.1 Å². The van der Waals surface area contributed by atoms with Gasteiger partial charge in [0, 0.05) is 6.54 Å². The van der Waals surface area contributed by atoms with Gasteiger partial charge in [0.25, 0.3) is 0 Å². The maximum Gasteiger partial charge on any atom is 0.321 e. The first kappa shape index (κ1) is 15.4. The highest BCUT2D eigenvalue weighted by atomic mass is 32.2. The second-order valence-electron chi connectivity index (χ2n) is 4.39. The third-order valence-corrected chi connectivity index (χ3v) is 4.20. The highest BCUT2D eigenvalue weighted by molar-refractivity contribution is 7.92. The van der Waals surface area contributed by atoms with E-state index in [0.29, 0.717) is 13.2 Å². The highest BCUT2D eigenvalue weighted by Gasteiger charge is 2.23. The Hall–Kier alpha value is -0.660. The van der Waals surface area contributed by atoms with Gasteiger partial charge in [-0.1, -0.05) is 0 Å². The van der Waals surface area contributed by atoms with E-state index in [-0.39, 0.29) is 18.5 Å². The van der Waals surface area contributed by atoms with Crippen LogP contribution in [0.3, 0.4) is 0 Å². The van der Waals surface area contributed by atoms with Gasteiger partial charge < -0.3 is 15.2 Å². The van der Waals surface area contributed by atoms with E-state index in [1.807, 2.05) is 0 Å². The lowest BCUT2D eigenvalue weighted by Gasteiger charge is -2.11. The summed E-state index contributed by atoms with van der Waals surface area (Å²) in [5.74, 6) is -1.39. The molecule has 1 fully saturated rings. The molecule has 18 heavy (non-hydrogen) atoms. The molecular weight excluding hydrogens is 258 g/mol. The van der Waals surface area contributed by atoms with Crippen molar-refractivity contribution >= 4 is 15.8 Å². The summed E-state index contributed by atoms with van der Waals surface area (Å²) in [6.45, 7) is 0.738. The van der Waals surface area contributed by atoms with Gasteiger partial charge in [-0.25, -0.2) is 8.42 Å². The molecule has 1 aliphatic rings. The Labute approximate surface area is 108 Å². The van der Waals surface area contributed by atoms with Crippen molar-refractivity contribution in [2.45, 2.75) is 31.8 Å². The zero-order valence-corrected chi connectivity index (χ0v) is 11.3. The minimum absolute atomic E-state index is 0.0657. The lowest BCUT2D eigenvalue weighted by Crippen LogP contribution is -2.26. The molecule has 0 saturated heterocycles. The predicted octanol–water partition coefficient (Wildman–Crippen LogP) is -0.138. The number of carbonyl (C=O) groups excluding carboxylic acids is 1. The molecule has 6 nitrogen and oxygen atoms in total. The Morgan fingerprint density at radius 1 is 1.22 bits per heavy atom. The van der Waals surface area contributed by atoms with E-state index in [0.717, 1.165) is 25.7 Å². The predicted molar refractivity (Wildman–Crippen MR) is 66.9 cm³/mol. The molecule has 1 saturated carbocycles. The third-order valence-electron chi connectivity index (χ3n) is 2.74. The molecule has 0 unspecified atom stereocenters. The normalized spacial score (nSPS) is 16.9. The van der Waals surface area contributed by atoms with Gasteiger partial charge in [0.05, 0.1) is 19.0 Å². The van der Waals surface area contributed by atoms with Crippen LogP contribution in [0.15, 0.2) is 0 Å². The average molecular weight is 279 g/mol. The molecule has 1 rings (SSSR count). The van der Waals surface area contributed by atoms with Gasteiger partial charge in [-0.05, 0) is 25.7 Å². The van der Waals surface area contributed by atoms with Gasteiger partial charge in [-0.2, -0.15) is 0 Å². The number of rotatable bonds is 8. The second-order valence-corrected chi connectivity index (χ2v) is 6.57. The maximum absolute atomic E-state index is 11.6. The quantitative estimate of drug-likeness (QED) is 0.491. The molecule has 0 aromatic rings. The van der Waals surface area contributed by atoms with Crippen LogP contribution in [0.5, 0.6) is 0 Å². The van der Waals surface area contributed by atoms with Crippen molar-refractivity contribution in [3.05, 3.63) is 0 Å². The highest BCUT2D eigenvalue weighted by Crippen LogP contribution is 2.21. The molecule has 7 heteroatoms. The smallest absolute Gasteiger partial charge is 0.321 e. The topological polar surface area (TPSA) is 95.7 Å². The van der Waals surface area contributed by atoms with Crippen LogP contribution >= 0.6 is 0 Å². The van der Waals surface area contributed by atoms with Crippen LogP contribution in [0.25, 0.3) is 0 Å². The fourth-order valence-electron chi connectivity index (χ4n) is 1.85. The minimum atomic E-state index is -3.44. The van der Waals surface area contributed by atoms with Crippen molar-refractivity contribution in [2.75, 3.05) is 31.3 Å². The Bertz CT molecular complexity index is 348. The lowest BCUT2D eigenvalue weighted by molar-refractivity contribution is -0.145. The van der Waals surface area contributed by atoms with Crippen LogP contribution in [0.2, 0.25) is 0 Å². The zero-order chi connectivity index (χ0) is 13.4. The van der Waals surface area contributed by atoms with Crippen LogP contribution in [-0.4, -0.2) is 51.8 Å². The Morgan fingerprint density at radius 2 is 1.89 bits per heavy atom. The summed E-state index contributed by atoms with van der Waals surface area (Å²) in [6, 6.07) is 0. The molecule has 0 amide bonds. The molecule has 0 radical (unpaired) electrons. The first-order valence-electron chi connectivity index (χ1n) is 6.21.